The fraction of sp³-hybridized carbons (Fsp3) is 0.0667. The maximum Gasteiger partial charge on any atom is 0.266 e. The van der Waals surface area contributed by atoms with E-state index in [1.54, 1.807) is 12.3 Å². The van der Waals surface area contributed by atoms with Gasteiger partial charge in [-0.25, -0.2) is 9.37 Å². The highest BCUT2D eigenvalue weighted by Crippen LogP contribution is 2.30. The zero-order chi connectivity index (χ0) is 15.0. The van der Waals surface area contributed by atoms with Crippen LogP contribution in [0.5, 0.6) is 5.75 Å². The van der Waals surface area contributed by atoms with Gasteiger partial charge in [0.05, 0.1) is 10.6 Å². The second kappa shape index (κ2) is 5.14. The van der Waals surface area contributed by atoms with E-state index in [1.807, 2.05) is 13.0 Å². The number of benzene rings is 1. The number of hydrogen-bond donors (Lipinski definition) is 2. The number of halogens is 1. The van der Waals surface area contributed by atoms with Gasteiger partial charge in [0, 0.05) is 11.6 Å². The van der Waals surface area contributed by atoms with Crippen LogP contribution in [0, 0.1) is 12.7 Å². The number of aryl methyl sites for hydroxylation is 1. The van der Waals surface area contributed by atoms with Crippen molar-refractivity contribution in [3.63, 3.8) is 0 Å². The number of nitrogens with one attached hydrogen (secondary N) is 1. The summed E-state index contributed by atoms with van der Waals surface area (Å²) in [4.78, 5) is 17.7. The normalized spacial score (nSPS) is 10.8. The van der Waals surface area contributed by atoms with Gasteiger partial charge in [0.15, 0.2) is 11.6 Å². The summed E-state index contributed by atoms with van der Waals surface area (Å²) < 4.78 is 13.7. The van der Waals surface area contributed by atoms with Crippen LogP contribution in [0.4, 0.5) is 10.1 Å². The number of thiophene rings is 1. The third-order valence-electron chi connectivity index (χ3n) is 3.15. The van der Waals surface area contributed by atoms with Crippen molar-refractivity contribution in [1.82, 2.24) is 4.98 Å². The predicted molar refractivity (Wildman–Crippen MR) is 80.4 cm³/mol. The lowest BCUT2D eigenvalue weighted by atomic mass is 10.2. The Morgan fingerprint density at radius 3 is 2.90 bits per heavy atom. The second-order valence-corrected chi connectivity index (χ2v) is 5.50. The summed E-state index contributed by atoms with van der Waals surface area (Å²) in [5.74, 6) is -1.76. The number of phenolic OH excluding ortho intramolecular Hbond substituents is 1. The SMILES string of the molecule is Cc1c(C(=O)Nc2cccc(O)c2F)sc2ncccc12. The number of rotatable bonds is 2. The molecule has 6 heteroatoms. The molecule has 0 bridgehead atoms. The quantitative estimate of drug-likeness (QED) is 0.758. The second-order valence-electron chi connectivity index (χ2n) is 4.51. The molecular weight excluding hydrogens is 291 g/mol. The maximum atomic E-state index is 13.7. The minimum absolute atomic E-state index is 0.0511. The minimum atomic E-state index is -0.845. The predicted octanol–water partition coefficient (Wildman–Crippen LogP) is 3.70. The third-order valence-corrected chi connectivity index (χ3v) is 4.36. The van der Waals surface area contributed by atoms with Crippen molar-refractivity contribution in [3.05, 3.63) is 52.8 Å². The van der Waals surface area contributed by atoms with Crippen LogP contribution < -0.4 is 5.32 Å². The van der Waals surface area contributed by atoms with Crippen LogP contribution in [0.3, 0.4) is 0 Å². The molecule has 4 nitrogen and oxygen atoms in total. The lowest BCUT2D eigenvalue weighted by Gasteiger charge is -2.06. The molecule has 3 rings (SSSR count). The molecule has 0 aliphatic carbocycles. The number of carbonyl (C=O) groups is 1. The highest BCUT2D eigenvalue weighted by atomic mass is 32.1. The van der Waals surface area contributed by atoms with Gasteiger partial charge in [-0.3, -0.25) is 4.79 Å². The summed E-state index contributed by atoms with van der Waals surface area (Å²) in [6.07, 6.45) is 1.66. The van der Waals surface area contributed by atoms with Crippen LogP contribution in [0.2, 0.25) is 0 Å². The molecule has 1 amide bonds. The Balaban J connectivity index is 1.97. The van der Waals surface area contributed by atoms with Crippen molar-refractivity contribution in [2.24, 2.45) is 0 Å². The Labute approximate surface area is 123 Å². The monoisotopic (exact) mass is 302 g/mol. The lowest BCUT2D eigenvalue weighted by Crippen LogP contribution is -2.12. The van der Waals surface area contributed by atoms with E-state index in [1.165, 1.54) is 29.5 Å². The standard InChI is InChI=1S/C15H11FN2O2S/c1-8-9-4-3-7-17-15(9)21-13(8)14(20)18-10-5-2-6-11(19)12(10)16/h2-7,19H,1H3,(H,18,20). The zero-order valence-corrected chi connectivity index (χ0v) is 11.9. The number of nitrogens with zero attached hydrogens (tertiary/aromatic N) is 1. The van der Waals surface area contributed by atoms with E-state index in [9.17, 15) is 14.3 Å². The number of fused-ring (bicyclic) bond motifs is 1. The van der Waals surface area contributed by atoms with E-state index < -0.39 is 17.5 Å². The Hall–Kier alpha value is -2.47. The number of aromatic hydroxyl groups is 1. The van der Waals surface area contributed by atoms with Crippen LogP contribution in [0.15, 0.2) is 36.5 Å². The number of pyridine rings is 1. The van der Waals surface area contributed by atoms with E-state index in [4.69, 9.17) is 0 Å². The lowest BCUT2D eigenvalue weighted by molar-refractivity contribution is 0.102. The Morgan fingerprint density at radius 2 is 2.14 bits per heavy atom. The maximum absolute atomic E-state index is 13.7. The number of hydrogen-bond acceptors (Lipinski definition) is 4. The average molecular weight is 302 g/mol. The molecule has 0 saturated heterocycles. The third kappa shape index (κ3) is 2.34. The van der Waals surface area contributed by atoms with Crippen molar-refractivity contribution in [2.75, 3.05) is 5.32 Å². The highest BCUT2D eigenvalue weighted by molar-refractivity contribution is 7.20. The Morgan fingerprint density at radius 1 is 1.33 bits per heavy atom. The van der Waals surface area contributed by atoms with Gasteiger partial charge < -0.3 is 10.4 Å². The van der Waals surface area contributed by atoms with Gasteiger partial charge in [0.2, 0.25) is 0 Å². The van der Waals surface area contributed by atoms with E-state index >= 15 is 0 Å². The Kier molecular flexibility index (Phi) is 3.31. The van der Waals surface area contributed by atoms with Gasteiger partial charge in [-0.2, -0.15) is 0 Å². The molecule has 3 aromatic rings. The molecule has 0 fully saturated rings. The summed E-state index contributed by atoms with van der Waals surface area (Å²) in [5, 5.41) is 12.7. The molecule has 0 saturated carbocycles. The number of aromatic nitrogens is 1. The number of phenols is 1. The number of carbonyl (C=O) groups excluding carboxylic acids is 1. The fourth-order valence-corrected chi connectivity index (χ4v) is 3.11. The average Bonchev–Trinajstić information content (AvgIpc) is 2.82. The minimum Gasteiger partial charge on any atom is -0.505 e. The van der Waals surface area contributed by atoms with Crippen molar-refractivity contribution >= 4 is 33.1 Å². The molecule has 0 aliphatic rings. The first-order chi connectivity index (χ1) is 10.1. The van der Waals surface area contributed by atoms with Gasteiger partial charge in [0.25, 0.3) is 5.91 Å². The summed E-state index contributed by atoms with van der Waals surface area (Å²) in [6, 6.07) is 7.78. The molecule has 0 radical (unpaired) electrons. The molecule has 0 spiro atoms. The first-order valence-corrected chi connectivity index (χ1v) is 7.02. The van der Waals surface area contributed by atoms with Crippen LogP contribution >= 0.6 is 11.3 Å². The molecule has 1 aromatic carbocycles. The molecule has 0 aliphatic heterocycles. The molecule has 106 valence electrons. The highest BCUT2D eigenvalue weighted by Gasteiger charge is 2.18. The largest absolute Gasteiger partial charge is 0.505 e. The summed E-state index contributed by atoms with van der Waals surface area (Å²) in [5.41, 5.74) is 0.756. The topological polar surface area (TPSA) is 62.2 Å². The summed E-state index contributed by atoms with van der Waals surface area (Å²) in [7, 11) is 0. The van der Waals surface area contributed by atoms with Crippen LogP contribution in [0.1, 0.15) is 15.2 Å². The Bertz CT molecular complexity index is 845. The van der Waals surface area contributed by atoms with Crippen molar-refractivity contribution < 1.29 is 14.3 Å². The number of anilines is 1. The van der Waals surface area contributed by atoms with E-state index in [0.717, 1.165) is 15.8 Å². The van der Waals surface area contributed by atoms with Crippen molar-refractivity contribution in [2.45, 2.75) is 6.92 Å². The van der Waals surface area contributed by atoms with Gasteiger partial charge in [-0.1, -0.05) is 12.1 Å². The van der Waals surface area contributed by atoms with Crippen LogP contribution in [0.25, 0.3) is 10.2 Å². The number of amides is 1. The first kappa shape index (κ1) is 13.5. The summed E-state index contributed by atoms with van der Waals surface area (Å²) in [6.45, 7) is 1.83. The zero-order valence-electron chi connectivity index (χ0n) is 11.1. The molecular formula is C15H11FN2O2S. The molecule has 0 atom stereocenters. The molecule has 2 N–H and O–H groups in total. The van der Waals surface area contributed by atoms with Gasteiger partial charge in [-0.15, -0.1) is 11.3 Å². The molecule has 2 aromatic heterocycles. The van der Waals surface area contributed by atoms with E-state index in [0.29, 0.717) is 4.88 Å². The smallest absolute Gasteiger partial charge is 0.266 e. The van der Waals surface area contributed by atoms with Crippen LogP contribution in [-0.2, 0) is 0 Å². The van der Waals surface area contributed by atoms with Gasteiger partial charge >= 0.3 is 0 Å². The van der Waals surface area contributed by atoms with Crippen molar-refractivity contribution in [3.8, 4) is 5.75 Å². The first-order valence-electron chi connectivity index (χ1n) is 6.21. The van der Waals surface area contributed by atoms with E-state index in [2.05, 4.69) is 10.3 Å². The fourth-order valence-electron chi connectivity index (χ4n) is 2.07. The summed E-state index contributed by atoms with van der Waals surface area (Å²) >= 11 is 1.25. The van der Waals surface area contributed by atoms with Gasteiger partial charge in [-0.05, 0) is 30.7 Å². The van der Waals surface area contributed by atoms with Crippen LogP contribution in [-0.4, -0.2) is 16.0 Å². The van der Waals surface area contributed by atoms with Crippen molar-refractivity contribution in [1.29, 1.82) is 0 Å². The molecule has 2 heterocycles. The molecule has 21 heavy (non-hydrogen) atoms. The van der Waals surface area contributed by atoms with E-state index in [-0.39, 0.29) is 5.69 Å². The molecule has 0 unspecified atom stereocenters. The van der Waals surface area contributed by atoms with Gasteiger partial charge in [0.1, 0.15) is 4.83 Å².